The van der Waals surface area contributed by atoms with E-state index in [0.717, 1.165) is 13.0 Å². The van der Waals surface area contributed by atoms with Crippen LogP contribution in [-0.4, -0.2) is 35.1 Å². The molecule has 0 bridgehead atoms. The summed E-state index contributed by atoms with van der Waals surface area (Å²) in [7, 11) is 1.90. The summed E-state index contributed by atoms with van der Waals surface area (Å²) in [6.45, 7) is 6.63. The van der Waals surface area contributed by atoms with E-state index in [0.29, 0.717) is 0 Å². The van der Waals surface area contributed by atoms with Crippen molar-refractivity contribution in [3.05, 3.63) is 0 Å². The van der Waals surface area contributed by atoms with Crippen LogP contribution in [0.1, 0.15) is 72.1 Å². The Morgan fingerprint density at radius 2 is 1.44 bits per heavy atom. The molecule has 0 aliphatic heterocycles. The molecule has 108 valence electrons. The van der Waals surface area contributed by atoms with Crippen LogP contribution in [0, 0.1) is 0 Å². The van der Waals surface area contributed by atoms with Crippen LogP contribution < -0.4 is 0 Å². The summed E-state index contributed by atoms with van der Waals surface area (Å²) in [5.74, 6) is -0.746. The molecule has 0 aliphatic carbocycles. The summed E-state index contributed by atoms with van der Waals surface area (Å²) in [6, 6.07) is 0. The number of rotatable bonds is 11. The van der Waals surface area contributed by atoms with Crippen LogP contribution in [0.15, 0.2) is 0 Å². The highest BCUT2D eigenvalue weighted by Gasteiger charge is 2.31. The van der Waals surface area contributed by atoms with Crippen molar-refractivity contribution in [3.8, 4) is 0 Å². The Morgan fingerprint density at radius 1 is 1.00 bits per heavy atom. The number of carboxylic acids is 1. The Bertz CT molecular complexity index is 227. The molecule has 0 atom stereocenters. The summed E-state index contributed by atoms with van der Waals surface area (Å²) >= 11 is 0. The molecule has 1 N–H and O–H groups in total. The van der Waals surface area contributed by atoms with E-state index in [1.54, 1.807) is 13.8 Å². The number of carboxylic acid groups (broad SMARTS) is 1. The molecule has 3 nitrogen and oxygen atoms in total. The minimum absolute atomic E-state index is 0.746. The Labute approximate surface area is 113 Å². The van der Waals surface area contributed by atoms with Gasteiger partial charge in [-0.15, -0.1) is 0 Å². The topological polar surface area (TPSA) is 40.5 Å². The lowest BCUT2D eigenvalue weighted by atomic mass is 10.0. The third-order valence-electron chi connectivity index (χ3n) is 3.82. The van der Waals surface area contributed by atoms with E-state index in [-0.39, 0.29) is 0 Å². The molecule has 0 rings (SSSR count). The number of nitrogens with zero attached hydrogens (tertiary/aromatic N) is 1. The molecule has 0 fully saturated rings. The Morgan fingerprint density at radius 3 is 1.89 bits per heavy atom. The maximum Gasteiger partial charge on any atom is 0.323 e. The molecule has 0 unspecified atom stereocenters. The van der Waals surface area contributed by atoms with Crippen molar-refractivity contribution < 1.29 is 9.90 Å². The first-order valence-electron chi connectivity index (χ1n) is 7.37. The Balaban J connectivity index is 3.52. The minimum atomic E-state index is -0.749. The SMILES string of the molecule is CCCCCCCCCCN(C)C(C)(C)C(=O)O. The number of carbonyl (C=O) groups is 1. The van der Waals surface area contributed by atoms with Crippen LogP contribution in [0.3, 0.4) is 0 Å². The van der Waals surface area contributed by atoms with Gasteiger partial charge in [0.2, 0.25) is 0 Å². The highest BCUT2D eigenvalue weighted by atomic mass is 16.4. The van der Waals surface area contributed by atoms with Gasteiger partial charge >= 0.3 is 5.97 Å². The normalized spacial score (nSPS) is 12.1. The highest BCUT2D eigenvalue weighted by molar-refractivity contribution is 5.77. The number of likely N-dealkylation sites (N-methyl/N-ethyl adjacent to an activating group) is 1. The molecule has 0 amide bonds. The van der Waals surface area contributed by atoms with Gasteiger partial charge in [0.05, 0.1) is 0 Å². The van der Waals surface area contributed by atoms with Gasteiger partial charge in [0.1, 0.15) is 5.54 Å². The molecular weight excluding hydrogens is 226 g/mol. The molecule has 0 aromatic rings. The molecule has 0 saturated heterocycles. The number of unbranched alkanes of at least 4 members (excludes halogenated alkanes) is 7. The number of aliphatic carboxylic acids is 1. The zero-order valence-corrected chi connectivity index (χ0v) is 12.7. The molecule has 0 spiro atoms. The third kappa shape index (κ3) is 7.00. The van der Waals surface area contributed by atoms with Crippen molar-refractivity contribution in [3.63, 3.8) is 0 Å². The average molecular weight is 257 g/mol. The van der Waals surface area contributed by atoms with Gasteiger partial charge in [0, 0.05) is 0 Å². The van der Waals surface area contributed by atoms with E-state index < -0.39 is 11.5 Å². The molecule has 0 aliphatic rings. The summed E-state index contributed by atoms with van der Waals surface area (Å²) in [5, 5.41) is 9.09. The first-order chi connectivity index (χ1) is 8.42. The average Bonchev–Trinajstić information content (AvgIpc) is 2.32. The molecule has 0 aromatic carbocycles. The highest BCUT2D eigenvalue weighted by Crippen LogP contribution is 2.14. The fourth-order valence-corrected chi connectivity index (χ4v) is 1.93. The van der Waals surface area contributed by atoms with Gasteiger partial charge in [-0.2, -0.15) is 0 Å². The van der Waals surface area contributed by atoms with E-state index in [1.807, 2.05) is 11.9 Å². The maximum absolute atomic E-state index is 11.1. The summed E-state index contributed by atoms with van der Waals surface area (Å²) in [4.78, 5) is 13.0. The fourth-order valence-electron chi connectivity index (χ4n) is 1.93. The van der Waals surface area contributed by atoms with Crippen molar-refractivity contribution in [2.24, 2.45) is 0 Å². The Kier molecular flexibility index (Phi) is 9.08. The van der Waals surface area contributed by atoms with Crippen LogP contribution in [0.25, 0.3) is 0 Å². The van der Waals surface area contributed by atoms with Crippen molar-refractivity contribution in [1.29, 1.82) is 0 Å². The second-order valence-electron chi connectivity index (χ2n) is 5.76. The lowest BCUT2D eigenvalue weighted by molar-refractivity contribution is -0.148. The van der Waals surface area contributed by atoms with Crippen LogP contribution >= 0.6 is 0 Å². The monoisotopic (exact) mass is 257 g/mol. The summed E-state index contributed by atoms with van der Waals surface area (Å²) in [5.41, 5.74) is -0.749. The summed E-state index contributed by atoms with van der Waals surface area (Å²) in [6.07, 6.45) is 10.3. The largest absolute Gasteiger partial charge is 0.480 e. The van der Waals surface area contributed by atoms with Gasteiger partial charge in [0.15, 0.2) is 0 Å². The molecule has 3 heteroatoms. The maximum atomic E-state index is 11.1. The molecular formula is C15H31NO2. The second kappa shape index (κ2) is 9.37. The van der Waals surface area contributed by atoms with E-state index in [9.17, 15) is 4.79 Å². The van der Waals surface area contributed by atoms with Crippen molar-refractivity contribution in [2.45, 2.75) is 77.7 Å². The quantitative estimate of drug-likeness (QED) is 0.570. The smallest absolute Gasteiger partial charge is 0.323 e. The van der Waals surface area contributed by atoms with Crippen molar-refractivity contribution >= 4 is 5.97 Å². The van der Waals surface area contributed by atoms with E-state index in [2.05, 4.69) is 6.92 Å². The molecule has 0 aromatic heterocycles. The lowest BCUT2D eigenvalue weighted by Gasteiger charge is -2.31. The van der Waals surface area contributed by atoms with Crippen molar-refractivity contribution in [1.82, 2.24) is 4.90 Å². The van der Waals surface area contributed by atoms with Crippen LogP contribution in [0.5, 0.6) is 0 Å². The van der Waals surface area contributed by atoms with Gasteiger partial charge in [-0.3, -0.25) is 9.69 Å². The minimum Gasteiger partial charge on any atom is -0.480 e. The number of hydrogen-bond acceptors (Lipinski definition) is 2. The predicted octanol–water partition coefficient (Wildman–Crippen LogP) is 3.92. The Hall–Kier alpha value is -0.570. The van der Waals surface area contributed by atoms with Crippen molar-refractivity contribution in [2.75, 3.05) is 13.6 Å². The lowest BCUT2D eigenvalue weighted by Crippen LogP contribution is -2.48. The standard InChI is InChI=1S/C15H31NO2/c1-5-6-7-8-9-10-11-12-13-16(4)15(2,3)14(17)18/h5-13H2,1-4H3,(H,17,18). The van der Waals surface area contributed by atoms with Gasteiger partial charge in [-0.1, -0.05) is 51.9 Å². The van der Waals surface area contributed by atoms with Gasteiger partial charge < -0.3 is 5.11 Å². The first kappa shape index (κ1) is 17.4. The first-order valence-corrected chi connectivity index (χ1v) is 7.37. The summed E-state index contributed by atoms with van der Waals surface area (Å²) < 4.78 is 0. The number of hydrogen-bond donors (Lipinski definition) is 1. The van der Waals surface area contributed by atoms with E-state index in [4.69, 9.17) is 5.11 Å². The van der Waals surface area contributed by atoms with Crippen LogP contribution in [-0.2, 0) is 4.79 Å². The molecule has 0 saturated carbocycles. The third-order valence-corrected chi connectivity index (χ3v) is 3.82. The van der Waals surface area contributed by atoms with Gasteiger partial charge in [-0.25, -0.2) is 0 Å². The van der Waals surface area contributed by atoms with Gasteiger partial charge in [0.25, 0.3) is 0 Å². The fraction of sp³-hybridized carbons (Fsp3) is 0.933. The zero-order valence-electron chi connectivity index (χ0n) is 12.7. The molecule has 0 heterocycles. The second-order valence-corrected chi connectivity index (χ2v) is 5.76. The van der Waals surface area contributed by atoms with Gasteiger partial charge in [-0.05, 0) is 33.9 Å². The molecule has 0 radical (unpaired) electrons. The molecule has 18 heavy (non-hydrogen) atoms. The van der Waals surface area contributed by atoms with E-state index >= 15 is 0 Å². The van der Waals surface area contributed by atoms with Crippen LogP contribution in [0.2, 0.25) is 0 Å². The predicted molar refractivity (Wildman–Crippen MR) is 77.0 cm³/mol. The zero-order chi connectivity index (χ0) is 14.0. The van der Waals surface area contributed by atoms with Crippen LogP contribution in [0.4, 0.5) is 0 Å². The van der Waals surface area contributed by atoms with E-state index in [1.165, 1.54) is 44.9 Å².